The molecular weight excluding hydrogens is 488 g/mol. The number of nitrogens with one attached hydrogen (secondary N) is 2. The minimum atomic E-state index is -1.15. The fourth-order valence-electron chi connectivity index (χ4n) is 3.83. The van der Waals surface area contributed by atoms with Crippen LogP contribution in [0.3, 0.4) is 0 Å². The molecule has 2 atom stereocenters. The summed E-state index contributed by atoms with van der Waals surface area (Å²) >= 11 is 6.15. The van der Waals surface area contributed by atoms with Gasteiger partial charge in [-0.2, -0.15) is 0 Å². The number of aromatic nitrogens is 1. The molecular formula is C25H27ClN4O6. The Bertz CT molecular complexity index is 1170. The lowest BCUT2D eigenvalue weighted by atomic mass is 9.97. The van der Waals surface area contributed by atoms with Crippen LogP contribution < -0.4 is 15.4 Å². The maximum absolute atomic E-state index is 13.4. The molecule has 11 heteroatoms. The highest BCUT2D eigenvalue weighted by atomic mass is 35.5. The van der Waals surface area contributed by atoms with Crippen molar-refractivity contribution in [3.05, 3.63) is 71.0 Å². The van der Waals surface area contributed by atoms with Crippen molar-refractivity contribution < 1.29 is 29.0 Å². The van der Waals surface area contributed by atoms with Crippen LogP contribution in [-0.4, -0.2) is 58.5 Å². The van der Waals surface area contributed by atoms with Crippen molar-refractivity contribution in [3.63, 3.8) is 0 Å². The van der Waals surface area contributed by atoms with Gasteiger partial charge in [-0.15, -0.1) is 0 Å². The van der Waals surface area contributed by atoms with Crippen molar-refractivity contribution in [1.29, 1.82) is 0 Å². The van der Waals surface area contributed by atoms with E-state index in [1.54, 1.807) is 31.2 Å². The third kappa shape index (κ3) is 6.60. The zero-order valence-corrected chi connectivity index (χ0v) is 20.5. The first kappa shape index (κ1) is 26.7. The third-order valence-corrected chi connectivity index (χ3v) is 5.90. The van der Waals surface area contributed by atoms with E-state index in [1.807, 2.05) is 0 Å². The zero-order chi connectivity index (χ0) is 26.2. The van der Waals surface area contributed by atoms with Gasteiger partial charge in [-0.05, 0) is 48.2 Å². The van der Waals surface area contributed by atoms with Crippen molar-refractivity contribution >= 4 is 35.4 Å². The van der Waals surface area contributed by atoms with Gasteiger partial charge in [0.05, 0.1) is 17.5 Å². The SMILES string of the molecule is C=CCOc1ccc(Cl)cc1C[C@@H]1CNC(=O)CN(C(=O)N[C@H](CC)c2cncc(C(=O)O)c2)C1=O. The predicted octanol–water partition coefficient (Wildman–Crippen LogP) is 2.98. The maximum Gasteiger partial charge on any atom is 0.337 e. The molecule has 1 aliphatic rings. The van der Waals surface area contributed by atoms with Crippen LogP contribution in [0.1, 0.15) is 40.9 Å². The molecule has 0 saturated carbocycles. The molecule has 0 bridgehead atoms. The van der Waals surface area contributed by atoms with Crippen LogP contribution in [0.25, 0.3) is 0 Å². The summed E-state index contributed by atoms with van der Waals surface area (Å²) in [5.41, 5.74) is 1.10. The molecule has 3 rings (SSSR count). The van der Waals surface area contributed by atoms with Gasteiger partial charge in [0, 0.05) is 24.0 Å². The Morgan fingerprint density at radius 3 is 2.83 bits per heavy atom. The van der Waals surface area contributed by atoms with Gasteiger partial charge in [-0.25, -0.2) is 9.59 Å². The van der Waals surface area contributed by atoms with Gasteiger partial charge in [0.2, 0.25) is 11.8 Å². The summed E-state index contributed by atoms with van der Waals surface area (Å²) in [7, 11) is 0. The van der Waals surface area contributed by atoms with Gasteiger partial charge < -0.3 is 20.5 Å². The number of benzene rings is 1. The Morgan fingerprint density at radius 2 is 2.14 bits per heavy atom. The highest BCUT2D eigenvalue weighted by molar-refractivity contribution is 6.30. The number of hydrogen-bond donors (Lipinski definition) is 3. The van der Waals surface area contributed by atoms with E-state index >= 15 is 0 Å². The van der Waals surface area contributed by atoms with E-state index in [4.69, 9.17) is 16.3 Å². The van der Waals surface area contributed by atoms with Gasteiger partial charge in [0.1, 0.15) is 18.9 Å². The molecule has 1 fully saturated rings. The zero-order valence-electron chi connectivity index (χ0n) is 19.7. The Morgan fingerprint density at radius 1 is 1.36 bits per heavy atom. The summed E-state index contributed by atoms with van der Waals surface area (Å²) in [4.78, 5) is 55.0. The number of imide groups is 1. The minimum absolute atomic E-state index is 0.0264. The van der Waals surface area contributed by atoms with Gasteiger partial charge in [-0.1, -0.05) is 31.2 Å². The number of carbonyl (C=O) groups excluding carboxylic acids is 3. The number of urea groups is 1. The largest absolute Gasteiger partial charge is 0.489 e. The van der Waals surface area contributed by atoms with Gasteiger partial charge in [0.25, 0.3) is 0 Å². The first-order valence-electron chi connectivity index (χ1n) is 11.3. The van der Waals surface area contributed by atoms with E-state index in [2.05, 4.69) is 22.2 Å². The normalized spacial score (nSPS) is 16.5. The molecule has 190 valence electrons. The van der Waals surface area contributed by atoms with Crippen LogP contribution in [-0.2, 0) is 16.0 Å². The van der Waals surface area contributed by atoms with Crippen LogP contribution in [0.5, 0.6) is 5.75 Å². The fourth-order valence-corrected chi connectivity index (χ4v) is 4.02. The molecule has 2 heterocycles. The van der Waals surface area contributed by atoms with Crippen molar-refractivity contribution in [2.75, 3.05) is 19.7 Å². The van der Waals surface area contributed by atoms with E-state index in [-0.39, 0.29) is 25.1 Å². The molecule has 1 aromatic heterocycles. The van der Waals surface area contributed by atoms with Crippen molar-refractivity contribution in [1.82, 2.24) is 20.5 Å². The van der Waals surface area contributed by atoms with Crippen LogP contribution in [0.2, 0.25) is 5.02 Å². The molecule has 10 nitrogen and oxygen atoms in total. The number of halogens is 1. The smallest absolute Gasteiger partial charge is 0.337 e. The molecule has 4 amide bonds. The standard InChI is InChI=1S/C25H27ClN4O6/c1-3-7-36-21-6-5-19(26)10-15(21)8-17-13-28-22(31)14-30(23(17)32)25(35)29-20(4-2)16-9-18(24(33)34)12-27-11-16/h3,5-6,9-12,17,20H,1,4,7-8,13-14H2,2H3,(H,28,31)(H,29,35)(H,33,34)/t17-,20-/m1/s1. The summed E-state index contributed by atoms with van der Waals surface area (Å²) < 4.78 is 5.67. The second-order valence-corrected chi connectivity index (χ2v) is 8.64. The number of rotatable bonds is 9. The lowest BCUT2D eigenvalue weighted by Gasteiger charge is -2.25. The quantitative estimate of drug-likeness (QED) is 0.437. The highest BCUT2D eigenvalue weighted by Gasteiger charge is 2.35. The molecule has 0 spiro atoms. The fraction of sp³-hybridized carbons (Fsp3) is 0.320. The van der Waals surface area contributed by atoms with Crippen LogP contribution >= 0.6 is 11.6 Å². The molecule has 0 radical (unpaired) electrons. The van der Waals surface area contributed by atoms with Crippen molar-refractivity contribution in [3.8, 4) is 5.75 Å². The van der Waals surface area contributed by atoms with Crippen LogP contribution in [0.15, 0.2) is 49.3 Å². The lowest BCUT2D eigenvalue weighted by molar-refractivity contribution is -0.133. The second-order valence-electron chi connectivity index (χ2n) is 8.20. The Hall–Kier alpha value is -3.92. The van der Waals surface area contributed by atoms with E-state index in [9.17, 15) is 24.3 Å². The number of aromatic carboxylic acids is 1. The Kier molecular flexibility index (Phi) is 9.02. The number of carboxylic acids is 1. The molecule has 2 aromatic rings. The molecule has 1 aliphatic heterocycles. The number of amides is 4. The molecule has 0 aliphatic carbocycles. The third-order valence-electron chi connectivity index (χ3n) is 5.67. The molecule has 0 unspecified atom stereocenters. The van der Waals surface area contributed by atoms with E-state index in [0.29, 0.717) is 28.3 Å². The summed E-state index contributed by atoms with van der Waals surface area (Å²) in [5, 5.41) is 15.1. The molecule has 1 saturated heterocycles. The highest BCUT2D eigenvalue weighted by Crippen LogP contribution is 2.27. The summed E-state index contributed by atoms with van der Waals surface area (Å²) in [6.45, 7) is 5.28. The van der Waals surface area contributed by atoms with Gasteiger partial charge in [-0.3, -0.25) is 19.5 Å². The molecule has 36 heavy (non-hydrogen) atoms. The monoisotopic (exact) mass is 514 g/mol. The number of carboxylic acid groups (broad SMARTS) is 1. The van der Waals surface area contributed by atoms with E-state index in [0.717, 1.165) is 4.90 Å². The second kappa shape index (κ2) is 12.2. The Balaban J connectivity index is 1.81. The van der Waals surface area contributed by atoms with Crippen LogP contribution in [0.4, 0.5) is 4.79 Å². The summed E-state index contributed by atoms with van der Waals surface area (Å²) in [6, 6.07) is 5.07. The minimum Gasteiger partial charge on any atom is -0.489 e. The average molecular weight is 515 g/mol. The topological polar surface area (TPSA) is 138 Å². The van der Waals surface area contributed by atoms with Crippen molar-refractivity contribution in [2.45, 2.75) is 25.8 Å². The number of pyridine rings is 1. The lowest BCUT2D eigenvalue weighted by Crippen LogP contribution is -2.48. The number of ether oxygens (including phenoxy) is 1. The summed E-state index contributed by atoms with van der Waals surface area (Å²) in [5.74, 6) is -2.38. The van der Waals surface area contributed by atoms with Gasteiger partial charge in [0.15, 0.2) is 0 Å². The summed E-state index contributed by atoms with van der Waals surface area (Å²) in [6.07, 6.45) is 4.83. The number of hydrogen-bond acceptors (Lipinski definition) is 6. The number of nitrogens with zero attached hydrogens (tertiary/aromatic N) is 2. The maximum atomic E-state index is 13.4. The number of carbonyl (C=O) groups is 4. The first-order valence-corrected chi connectivity index (χ1v) is 11.7. The van der Waals surface area contributed by atoms with Gasteiger partial charge >= 0.3 is 12.0 Å². The predicted molar refractivity (Wildman–Crippen MR) is 132 cm³/mol. The average Bonchev–Trinajstić information content (AvgIpc) is 3.00. The molecule has 3 N–H and O–H groups in total. The van der Waals surface area contributed by atoms with Crippen molar-refractivity contribution in [2.24, 2.45) is 5.92 Å². The van der Waals surface area contributed by atoms with E-state index < -0.39 is 42.3 Å². The molecule has 1 aromatic carbocycles. The Labute approximate surface area is 213 Å². The van der Waals surface area contributed by atoms with Crippen LogP contribution in [0, 0.1) is 5.92 Å². The van der Waals surface area contributed by atoms with E-state index in [1.165, 1.54) is 18.5 Å². The first-order chi connectivity index (χ1) is 17.2.